The number of nitrogens with two attached hydrogens (primary N) is 1. The molecule has 0 amide bonds. The topological polar surface area (TPSA) is 38.5 Å². The van der Waals surface area contributed by atoms with Gasteiger partial charge in [0.1, 0.15) is 5.75 Å². The molecular formula is C16H26N2O. The second-order valence-electron chi connectivity index (χ2n) is 5.30. The molecule has 1 atom stereocenters. The van der Waals surface area contributed by atoms with E-state index in [0.717, 1.165) is 18.8 Å². The van der Waals surface area contributed by atoms with Gasteiger partial charge < -0.3 is 10.5 Å². The highest BCUT2D eigenvalue weighted by Crippen LogP contribution is 2.29. The molecule has 2 N–H and O–H groups in total. The molecule has 1 unspecified atom stereocenters. The van der Waals surface area contributed by atoms with Crippen LogP contribution in [0, 0.1) is 0 Å². The zero-order valence-corrected chi connectivity index (χ0v) is 12.0. The third-order valence-corrected chi connectivity index (χ3v) is 4.05. The van der Waals surface area contributed by atoms with Crippen LogP contribution >= 0.6 is 0 Å². The third-order valence-electron chi connectivity index (χ3n) is 4.05. The van der Waals surface area contributed by atoms with Crippen molar-refractivity contribution in [3.8, 4) is 5.75 Å². The second kappa shape index (κ2) is 7.51. The Balaban J connectivity index is 2.17. The Bertz CT molecular complexity index is 373. The lowest BCUT2D eigenvalue weighted by atomic mass is 10.0. The Morgan fingerprint density at radius 2 is 1.74 bits per heavy atom. The number of methoxy groups -OCH3 is 1. The molecule has 0 bridgehead atoms. The van der Waals surface area contributed by atoms with Crippen LogP contribution in [-0.4, -0.2) is 31.6 Å². The Morgan fingerprint density at radius 1 is 1.11 bits per heavy atom. The van der Waals surface area contributed by atoms with Crippen molar-refractivity contribution in [2.75, 3.05) is 26.7 Å². The van der Waals surface area contributed by atoms with Crippen LogP contribution in [-0.2, 0) is 0 Å². The molecule has 0 aliphatic carbocycles. The molecule has 1 fully saturated rings. The van der Waals surface area contributed by atoms with Crippen LogP contribution in [0.15, 0.2) is 24.3 Å². The van der Waals surface area contributed by atoms with Crippen LogP contribution in [0.4, 0.5) is 0 Å². The molecule has 1 saturated heterocycles. The molecule has 0 aromatic heterocycles. The largest absolute Gasteiger partial charge is 0.496 e. The first-order valence-corrected chi connectivity index (χ1v) is 7.44. The van der Waals surface area contributed by atoms with E-state index in [-0.39, 0.29) is 6.04 Å². The van der Waals surface area contributed by atoms with E-state index >= 15 is 0 Å². The standard InChI is InChI=1S/C16H26N2O/c1-19-16-10-6-5-9-14(16)15(13-17)18-11-7-3-2-4-8-12-18/h5-6,9-10,15H,2-4,7-8,11-13,17H2,1H3. The fourth-order valence-electron chi connectivity index (χ4n) is 3.00. The first kappa shape index (κ1) is 14.4. The van der Waals surface area contributed by atoms with Crippen molar-refractivity contribution in [2.24, 2.45) is 5.73 Å². The molecule has 3 heteroatoms. The predicted octanol–water partition coefficient (Wildman–Crippen LogP) is 2.96. The molecule has 1 heterocycles. The molecule has 19 heavy (non-hydrogen) atoms. The summed E-state index contributed by atoms with van der Waals surface area (Å²) in [5.41, 5.74) is 7.28. The molecule has 1 aliphatic heterocycles. The molecular weight excluding hydrogens is 236 g/mol. The molecule has 3 nitrogen and oxygen atoms in total. The first-order valence-electron chi connectivity index (χ1n) is 7.44. The summed E-state index contributed by atoms with van der Waals surface area (Å²) in [6.45, 7) is 2.96. The van der Waals surface area contributed by atoms with Crippen LogP contribution in [0.5, 0.6) is 5.75 Å². The van der Waals surface area contributed by atoms with Crippen molar-refractivity contribution in [3.63, 3.8) is 0 Å². The van der Waals surface area contributed by atoms with E-state index in [1.165, 1.54) is 37.7 Å². The summed E-state index contributed by atoms with van der Waals surface area (Å²) in [5, 5.41) is 0. The fourth-order valence-corrected chi connectivity index (χ4v) is 3.00. The van der Waals surface area contributed by atoms with Crippen molar-refractivity contribution >= 4 is 0 Å². The maximum atomic E-state index is 6.05. The van der Waals surface area contributed by atoms with E-state index in [1.807, 2.05) is 12.1 Å². The molecule has 0 radical (unpaired) electrons. The van der Waals surface area contributed by atoms with Crippen LogP contribution in [0.2, 0.25) is 0 Å². The summed E-state index contributed by atoms with van der Waals surface area (Å²) in [6.07, 6.45) is 6.65. The van der Waals surface area contributed by atoms with E-state index in [0.29, 0.717) is 6.54 Å². The van der Waals surface area contributed by atoms with Crippen LogP contribution < -0.4 is 10.5 Å². The lowest BCUT2D eigenvalue weighted by Gasteiger charge is -2.33. The predicted molar refractivity (Wildman–Crippen MR) is 79.4 cm³/mol. The average Bonchev–Trinajstić information content (AvgIpc) is 2.42. The highest BCUT2D eigenvalue weighted by molar-refractivity contribution is 5.36. The van der Waals surface area contributed by atoms with E-state index in [1.54, 1.807) is 7.11 Å². The number of likely N-dealkylation sites (tertiary alicyclic amines) is 1. The number of ether oxygens (including phenoxy) is 1. The summed E-state index contributed by atoms with van der Waals surface area (Å²) < 4.78 is 5.49. The minimum absolute atomic E-state index is 0.286. The smallest absolute Gasteiger partial charge is 0.123 e. The number of rotatable bonds is 4. The van der Waals surface area contributed by atoms with Crippen molar-refractivity contribution in [3.05, 3.63) is 29.8 Å². The van der Waals surface area contributed by atoms with E-state index in [2.05, 4.69) is 17.0 Å². The zero-order chi connectivity index (χ0) is 13.5. The Hall–Kier alpha value is -1.06. The number of hydrogen-bond acceptors (Lipinski definition) is 3. The van der Waals surface area contributed by atoms with Gasteiger partial charge in [0.15, 0.2) is 0 Å². The van der Waals surface area contributed by atoms with Gasteiger partial charge in [-0.05, 0) is 32.0 Å². The van der Waals surface area contributed by atoms with Gasteiger partial charge in [-0.25, -0.2) is 0 Å². The van der Waals surface area contributed by atoms with Gasteiger partial charge in [-0.1, -0.05) is 37.5 Å². The van der Waals surface area contributed by atoms with Crippen LogP contribution in [0.1, 0.15) is 43.7 Å². The summed E-state index contributed by atoms with van der Waals surface area (Å²) in [7, 11) is 1.74. The van der Waals surface area contributed by atoms with E-state index in [4.69, 9.17) is 10.5 Å². The fraction of sp³-hybridized carbons (Fsp3) is 0.625. The van der Waals surface area contributed by atoms with Gasteiger partial charge >= 0.3 is 0 Å². The number of hydrogen-bond donors (Lipinski definition) is 1. The van der Waals surface area contributed by atoms with Gasteiger partial charge in [0, 0.05) is 12.1 Å². The Labute approximate surface area is 116 Å². The monoisotopic (exact) mass is 262 g/mol. The molecule has 0 spiro atoms. The maximum absolute atomic E-state index is 6.05. The van der Waals surface area contributed by atoms with Crippen molar-refractivity contribution in [1.82, 2.24) is 4.90 Å². The SMILES string of the molecule is COc1ccccc1C(CN)N1CCCCCCC1. The van der Waals surface area contributed by atoms with Gasteiger partial charge in [0.05, 0.1) is 13.2 Å². The number of nitrogens with zero attached hydrogens (tertiary/aromatic N) is 1. The first-order chi connectivity index (χ1) is 9.36. The van der Waals surface area contributed by atoms with E-state index in [9.17, 15) is 0 Å². The van der Waals surface area contributed by atoms with Crippen molar-refractivity contribution in [2.45, 2.75) is 38.1 Å². The number of para-hydroxylation sites is 1. The maximum Gasteiger partial charge on any atom is 0.123 e. The highest BCUT2D eigenvalue weighted by Gasteiger charge is 2.22. The summed E-state index contributed by atoms with van der Waals surface area (Å²) >= 11 is 0. The normalized spacial score (nSPS) is 19.5. The zero-order valence-electron chi connectivity index (χ0n) is 12.0. The summed E-state index contributed by atoms with van der Waals surface area (Å²) in [5.74, 6) is 0.958. The van der Waals surface area contributed by atoms with Crippen LogP contribution in [0.3, 0.4) is 0 Å². The quantitative estimate of drug-likeness (QED) is 0.906. The lowest BCUT2D eigenvalue weighted by Crippen LogP contribution is -2.36. The Kier molecular flexibility index (Phi) is 5.67. The third kappa shape index (κ3) is 3.71. The Morgan fingerprint density at radius 3 is 2.37 bits per heavy atom. The average molecular weight is 262 g/mol. The van der Waals surface area contributed by atoms with E-state index < -0.39 is 0 Å². The summed E-state index contributed by atoms with van der Waals surface area (Å²) in [6, 6.07) is 8.56. The van der Waals surface area contributed by atoms with Gasteiger partial charge in [0.2, 0.25) is 0 Å². The molecule has 0 saturated carbocycles. The minimum Gasteiger partial charge on any atom is -0.496 e. The highest BCUT2D eigenvalue weighted by atomic mass is 16.5. The summed E-state index contributed by atoms with van der Waals surface area (Å²) in [4.78, 5) is 2.54. The van der Waals surface area contributed by atoms with Gasteiger partial charge in [-0.2, -0.15) is 0 Å². The minimum atomic E-state index is 0.286. The number of benzene rings is 1. The van der Waals surface area contributed by atoms with Crippen LogP contribution in [0.25, 0.3) is 0 Å². The molecule has 1 aromatic carbocycles. The molecule has 2 rings (SSSR count). The molecule has 106 valence electrons. The van der Waals surface area contributed by atoms with Crippen molar-refractivity contribution in [1.29, 1.82) is 0 Å². The molecule has 1 aliphatic rings. The van der Waals surface area contributed by atoms with Gasteiger partial charge in [-0.3, -0.25) is 4.90 Å². The van der Waals surface area contributed by atoms with Gasteiger partial charge in [0.25, 0.3) is 0 Å². The van der Waals surface area contributed by atoms with Gasteiger partial charge in [-0.15, -0.1) is 0 Å². The lowest BCUT2D eigenvalue weighted by molar-refractivity contribution is 0.180. The molecule has 1 aromatic rings. The second-order valence-corrected chi connectivity index (χ2v) is 5.30. The van der Waals surface area contributed by atoms with Crippen molar-refractivity contribution < 1.29 is 4.74 Å².